The molecule has 0 saturated carbocycles. The van der Waals surface area contributed by atoms with E-state index >= 15 is 0 Å². The van der Waals surface area contributed by atoms with Gasteiger partial charge in [-0.2, -0.15) is 0 Å². The summed E-state index contributed by atoms with van der Waals surface area (Å²) in [4.78, 5) is 14.1. The molecule has 0 unspecified atom stereocenters. The van der Waals surface area contributed by atoms with Gasteiger partial charge in [-0.05, 0) is 61.5 Å². The van der Waals surface area contributed by atoms with E-state index in [-0.39, 0.29) is 18.3 Å². The molecule has 0 fully saturated rings. The van der Waals surface area contributed by atoms with Gasteiger partial charge in [0.2, 0.25) is 5.91 Å². The van der Waals surface area contributed by atoms with E-state index in [0.717, 1.165) is 34.9 Å². The molecule has 0 heterocycles. The van der Waals surface area contributed by atoms with Crippen LogP contribution in [0, 0.1) is 0 Å². The number of carbonyl (C=O) groups excluding carboxylic acids is 1. The average Bonchev–Trinajstić information content (AvgIpc) is 2.60. The van der Waals surface area contributed by atoms with Crippen molar-refractivity contribution in [1.29, 1.82) is 0 Å². The van der Waals surface area contributed by atoms with E-state index in [1.807, 2.05) is 24.3 Å². The highest BCUT2D eigenvalue weighted by molar-refractivity contribution is 7.99. The van der Waals surface area contributed by atoms with Crippen molar-refractivity contribution in [3.05, 3.63) is 48.5 Å². The molecule has 0 aliphatic rings. The van der Waals surface area contributed by atoms with Crippen LogP contribution in [0.2, 0.25) is 0 Å². The lowest BCUT2D eigenvalue weighted by molar-refractivity contribution is -0.115. The smallest absolute Gasteiger partial charge is 0.238 e. The van der Waals surface area contributed by atoms with Gasteiger partial charge in [0.25, 0.3) is 0 Å². The number of benzene rings is 2. The molecular formula is C19H25ClN2O3S2. The number of nitrogens with one attached hydrogen (secondary N) is 2. The van der Waals surface area contributed by atoms with Gasteiger partial charge in [0.1, 0.15) is 0 Å². The SMILES string of the molecule is CCCCNCC(=O)Nc1ccc(Sc2ccc(S(C)(=O)=O)cc2)cc1.Cl. The highest BCUT2D eigenvalue weighted by Crippen LogP contribution is 2.29. The summed E-state index contributed by atoms with van der Waals surface area (Å²) in [6, 6.07) is 14.4. The van der Waals surface area contributed by atoms with Gasteiger partial charge in [0, 0.05) is 21.7 Å². The normalized spacial score (nSPS) is 10.9. The van der Waals surface area contributed by atoms with Crippen molar-refractivity contribution in [2.24, 2.45) is 0 Å². The van der Waals surface area contributed by atoms with Crippen molar-refractivity contribution >= 4 is 45.6 Å². The van der Waals surface area contributed by atoms with Gasteiger partial charge in [0.05, 0.1) is 11.4 Å². The van der Waals surface area contributed by atoms with Crippen molar-refractivity contribution in [2.75, 3.05) is 24.7 Å². The quantitative estimate of drug-likeness (QED) is 0.590. The molecule has 0 aliphatic heterocycles. The number of hydrogen-bond donors (Lipinski definition) is 2. The van der Waals surface area contributed by atoms with Crippen LogP contribution in [0.4, 0.5) is 5.69 Å². The molecule has 27 heavy (non-hydrogen) atoms. The number of anilines is 1. The zero-order valence-electron chi connectivity index (χ0n) is 15.4. The van der Waals surface area contributed by atoms with Crippen molar-refractivity contribution in [3.8, 4) is 0 Å². The third-order valence-corrected chi connectivity index (χ3v) is 5.76. The number of rotatable bonds is 9. The Morgan fingerprint density at radius 2 is 1.56 bits per heavy atom. The molecule has 2 rings (SSSR count). The van der Waals surface area contributed by atoms with Gasteiger partial charge in [-0.15, -0.1) is 12.4 Å². The van der Waals surface area contributed by atoms with E-state index in [2.05, 4.69) is 17.6 Å². The molecule has 0 saturated heterocycles. The van der Waals surface area contributed by atoms with E-state index in [0.29, 0.717) is 11.4 Å². The number of sulfone groups is 1. The minimum atomic E-state index is -3.17. The maximum atomic E-state index is 11.8. The summed E-state index contributed by atoms with van der Waals surface area (Å²) < 4.78 is 23.0. The summed E-state index contributed by atoms with van der Waals surface area (Å²) in [5, 5.41) is 5.96. The van der Waals surface area contributed by atoms with E-state index in [4.69, 9.17) is 0 Å². The van der Waals surface area contributed by atoms with Gasteiger partial charge in [-0.25, -0.2) is 8.42 Å². The van der Waals surface area contributed by atoms with Gasteiger partial charge >= 0.3 is 0 Å². The molecule has 2 aromatic carbocycles. The fourth-order valence-corrected chi connectivity index (χ4v) is 3.65. The molecule has 0 aliphatic carbocycles. The number of hydrogen-bond acceptors (Lipinski definition) is 5. The molecule has 0 bridgehead atoms. The van der Waals surface area contributed by atoms with Gasteiger partial charge in [-0.3, -0.25) is 4.79 Å². The molecule has 2 N–H and O–H groups in total. The first kappa shape index (κ1) is 23.5. The molecule has 8 heteroatoms. The summed E-state index contributed by atoms with van der Waals surface area (Å²) in [6.45, 7) is 3.27. The van der Waals surface area contributed by atoms with Gasteiger partial charge in [-0.1, -0.05) is 25.1 Å². The van der Waals surface area contributed by atoms with Crippen LogP contribution >= 0.6 is 24.2 Å². The number of amides is 1. The minimum Gasteiger partial charge on any atom is -0.325 e. The molecular weight excluding hydrogens is 404 g/mol. The van der Waals surface area contributed by atoms with Gasteiger partial charge in [0.15, 0.2) is 9.84 Å². The van der Waals surface area contributed by atoms with Crippen LogP contribution in [-0.4, -0.2) is 33.7 Å². The van der Waals surface area contributed by atoms with Crippen LogP contribution in [0.25, 0.3) is 0 Å². The maximum absolute atomic E-state index is 11.8. The lowest BCUT2D eigenvalue weighted by Gasteiger charge is -2.08. The topological polar surface area (TPSA) is 75.3 Å². The molecule has 148 valence electrons. The number of unbranched alkanes of at least 4 members (excludes halogenated alkanes) is 1. The molecule has 0 atom stereocenters. The zero-order valence-corrected chi connectivity index (χ0v) is 17.8. The fraction of sp³-hybridized carbons (Fsp3) is 0.316. The van der Waals surface area contributed by atoms with Crippen molar-refractivity contribution in [1.82, 2.24) is 5.32 Å². The summed E-state index contributed by atoms with van der Waals surface area (Å²) >= 11 is 1.53. The molecule has 0 spiro atoms. The first-order chi connectivity index (χ1) is 12.4. The average molecular weight is 429 g/mol. The van der Waals surface area contributed by atoms with Crippen molar-refractivity contribution in [2.45, 2.75) is 34.5 Å². The lowest BCUT2D eigenvalue weighted by atomic mass is 10.3. The van der Waals surface area contributed by atoms with E-state index in [1.54, 1.807) is 24.3 Å². The maximum Gasteiger partial charge on any atom is 0.238 e. The monoisotopic (exact) mass is 428 g/mol. The second kappa shape index (κ2) is 11.3. The first-order valence-corrected chi connectivity index (χ1v) is 11.2. The summed E-state index contributed by atoms with van der Waals surface area (Å²) in [6.07, 6.45) is 3.36. The third kappa shape index (κ3) is 8.34. The van der Waals surface area contributed by atoms with Crippen molar-refractivity contribution in [3.63, 3.8) is 0 Å². The van der Waals surface area contributed by atoms with E-state index in [1.165, 1.54) is 18.0 Å². The largest absolute Gasteiger partial charge is 0.325 e. The van der Waals surface area contributed by atoms with Crippen LogP contribution < -0.4 is 10.6 Å². The Hall–Kier alpha value is -1.54. The highest BCUT2D eigenvalue weighted by Gasteiger charge is 2.07. The minimum absolute atomic E-state index is 0. The Morgan fingerprint density at radius 1 is 1.00 bits per heavy atom. The molecule has 0 radical (unpaired) electrons. The first-order valence-electron chi connectivity index (χ1n) is 8.47. The second-order valence-corrected chi connectivity index (χ2v) is 9.11. The number of halogens is 1. The highest BCUT2D eigenvalue weighted by atomic mass is 35.5. The van der Waals surface area contributed by atoms with E-state index in [9.17, 15) is 13.2 Å². The van der Waals surface area contributed by atoms with Crippen LogP contribution in [0.15, 0.2) is 63.2 Å². The molecule has 0 aromatic heterocycles. The zero-order chi connectivity index (χ0) is 19.0. The van der Waals surface area contributed by atoms with Gasteiger partial charge < -0.3 is 10.6 Å². The Balaban J connectivity index is 0.00000364. The predicted molar refractivity (Wildman–Crippen MR) is 114 cm³/mol. The summed E-state index contributed by atoms with van der Waals surface area (Å²) in [5.74, 6) is -0.0575. The molecule has 5 nitrogen and oxygen atoms in total. The fourth-order valence-electron chi connectivity index (χ4n) is 2.21. The van der Waals surface area contributed by atoms with Crippen LogP contribution in [0.1, 0.15) is 19.8 Å². The standard InChI is InChI=1S/C19H24N2O3S2.ClH/c1-3-4-13-20-14-19(22)21-15-5-7-16(8-6-15)25-17-9-11-18(12-10-17)26(2,23)24;/h5-12,20H,3-4,13-14H2,1-2H3,(H,21,22);1H. The van der Waals surface area contributed by atoms with Crippen LogP contribution in [-0.2, 0) is 14.6 Å². The Kier molecular flexibility index (Phi) is 9.87. The molecule has 2 aromatic rings. The Bertz CT molecular complexity index is 823. The van der Waals surface area contributed by atoms with Crippen LogP contribution in [0.3, 0.4) is 0 Å². The Morgan fingerprint density at radius 3 is 2.07 bits per heavy atom. The molecule has 1 amide bonds. The lowest BCUT2D eigenvalue weighted by Crippen LogP contribution is -2.28. The number of carbonyl (C=O) groups is 1. The second-order valence-electron chi connectivity index (χ2n) is 5.95. The predicted octanol–water partition coefficient (Wildman–Crippen LogP) is 3.99. The van der Waals surface area contributed by atoms with E-state index < -0.39 is 9.84 Å². The van der Waals surface area contributed by atoms with Crippen LogP contribution in [0.5, 0.6) is 0 Å². The van der Waals surface area contributed by atoms with Crippen molar-refractivity contribution < 1.29 is 13.2 Å². The third-order valence-electron chi connectivity index (χ3n) is 3.62. The summed E-state index contributed by atoms with van der Waals surface area (Å²) in [5.41, 5.74) is 0.754. The summed E-state index contributed by atoms with van der Waals surface area (Å²) in [7, 11) is -3.17. The Labute approximate surface area is 171 Å².